The molecule has 0 aliphatic carbocycles. The Hall–Kier alpha value is -3.40. The van der Waals surface area contributed by atoms with Gasteiger partial charge in [0.1, 0.15) is 11.5 Å². The number of rotatable bonds is 5. The Morgan fingerprint density at radius 2 is 1.25 bits per heavy atom. The van der Waals surface area contributed by atoms with E-state index in [1.165, 1.54) is 0 Å². The first-order chi connectivity index (χ1) is 13.3. The molecule has 0 aliphatic rings. The van der Waals surface area contributed by atoms with Crippen LogP contribution >= 0.6 is 0 Å². The smallest absolute Gasteiger partial charge is 0.338 e. The molecule has 0 spiro atoms. The van der Waals surface area contributed by atoms with E-state index in [2.05, 4.69) is 13.2 Å². The lowest BCUT2D eigenvalue weighted by atomic mass is 9.98. The van der Waals surface area contributed by atoms with Gasteiger partial charge in [0.15, 0.2) is 0 Å². The summed E-state index contributed by atoms with van der Waals surface area (Å²) in [7, 11) is 0. The molecule has 3 rings (SSSR count). The fourth-order valence-corrected chi connectivity index (χ4v) is 2.95. The van der Waals surface area contributed by atoms with E-state index in [0.717, 1.165) is 12.0 Å². The van der Waals surface area contributed by atoms with E-state index in [-0.39, 0.29) is 0 Å². The van der Waals surface area contributed by atoms with Crippen molar-refractivity contribution in [3.05, 3.63) is 72.3 Å². The highest BCUT2D eigenvalue weighted by atomic mass is 16.5. The van der Waals surface area contributed by atoms with Crippen molar-refractivity contribution >= 4 is 33.5 Å². The summed E-state index contributed by atoms with van der Waals surface area (Å²) >= 11 is 0. The van der Waals surface area contributed by atoms with Gasteiger partial charge in [0.2, 0.25) is 0 Å². The quantitative estimate of drug-likeness (QED) is 0.255. The minimum Gasteiger partial charge on any atom is -0.422 e. The number of esters is 2. The van der Waals surface area contributed by atoms with Gasteiger partial charge in [0, 0.05) is 32.7 Å². The molecule has 0 aromatic heterocycles. The third-order valence-corrected chi connectivity index (χ3v) is 4.48. The molecule has 3 aromatic rings. The van der Waals surface area contributed by atoms with E-state index < -0.39 is 11.9 Å². The van der Waals surface area contributed by atoms with Gasteiger partial charge >= 0.3 is 11.9 Å². The van der Waals surface area contributed by atoms with Crippen LogP contribution in [-0.2, 0) is 16.0 Å². The maximum absolute atomic E-state index is 12.3. The highest BCUT2D eigenvalue weighted by molar-refractivity contribution is 6.13. The summed E-state index contributed by atoms with van der Waals surface area (Å²) in [5.41, 5.74) is 1.69. The number of carbonyl (C=O) groups excluding carboxylic acids is 2. The molecule has 3 aromatic carbocycles. The summed E-state index contributed by atoms with van der Waals surface area (Å²) in [5, 5.41) is 2.76. The Bertz CT molecular complexity index is 1140. The number of carbonyl (C=O) groups is 2. The van der Waals surface area contributed by atoms with Crippen LogP contribution in [-0.4, -0.2) is 11.9 Å². The van der Waals surface area contributed by atoms with Crippen LogP contribution in [0.4, 0.5) is 0 Å². The minimum atomic E-state index is -0.502. The molecule has 0 amide bonds. The van der Waals surface area contributed by atoms with E-state index in [1.54, 1.807) is 13.8 Å². The molecule has 0 unspecified atom stereocenters. The lowest BCUT2D eigenvalue weighted by Gasteiger charge is -2.17. The zero-order chi connectivity index (χ0) is 20.4. The molecule has 0 bridgehead atoms. The molecule has 0 atom stereocenters. The number of aryl methyl sites for hydroxylation is 1. The topological polar surface area (TPSA) is 52.6 Å². The van der Waals surface area contributed by atoms with E-state index in [0.29, 0.717) is 44.2 Å². The Labute approximate surface area is 164 Å². The number of hydrogen-bond acceptors (Lipinski definition) is 4. The largest absolute Gasteiger partial charge is 0.422 e. The molecule has 28 heavy (non-hydrogen) atoms. The van der Waals surface area contributed by atoms with Crippen LogP contribution in [0.5, 0.6) is 11.5 Å². The second-order valence-corrected chi connectivity index (χ2v) is 6.78. The standard InChI is InChI=1S/C24H22O4/c1-6-16-11-12-19-20(13-16)22(28-24(26)15(4)5)18-10-8-7-9-17(18)21(19)27-23(25)14(2)3/h7-13H,2,4,6H2,1,3,5H3. The van der Waals surface area contributed by atoms with Crippen LogP contribution < -0.4 is 9.47 Å². The summed E-state index contributed by atoms with van der Waals surface area (Å²) in [4.78, 5) is 24.5. The predicted molar refractivity (Wildman–Crippen MR) is 112 cm³/mol. The van der Waals surface area contributed by atoms with Crippen molar-refractivity contribution in [2.45, 2.75) is 27.2 Å². The summed E-state index contributed by atoms with van der Waals surface area (Å²) in [6, 6.07) is 13.2. The molecule has 0 N–H and O–H groups in total. The maximum atomic E-state index is 12.3. The first-order valence-electron chi connectivity index (χ1n) is 9.06. The molecular formula is C24H22O4. The third kappa shape index (κ3) is 3.54. The number of ether oxygens (including phenoxy) is 2. The molecule has 0 saturated carbocycles. The molecule has 0 saturated heterocycles. The summed E-state index contributed by atoms with van der Waals surface area (Å²) < 4.78 is 11.4. The van der Waals surface area contributed by atoms with Crippen LogP contribution in [0.3, 0.4) is 0 Å². The van der Waals surface area contributed by atoms with Crippen molar-refractivity contribution in [3.8, 4) is 11.5 Å². The van der Waals surface area contributed by atoms with Gasteiger partial charge in [-0.1, -0.05) is 56.5 Å². The van der Waals surface area contributed by atoms with Crippen molar-refractivity contribution in [1.82, 2.24) is 0 Å². The maximum Gasteiger partial charge on any atom is 0.338 e. The van der Waals surface area contributed by atoms with Crippen LogP contribution in [0, 0.1) is 0 Å². The molecule has 4 nitrogen and oxygen atoms in total. The second-order valence-electron chi connectivity index (χ2n) is 6.78. The molecule has 142 valence electrons. The van der Waals surface area contributed by atoms with Crippen LogP contribution in [0.1, 0.15) is 26.3 Å². The van der Waals surface area contributed by atoms with Crippen molar-refractivity contribution in [3.63, 3.8) is 0 Å². The zero-order valence-electron chi connectivity index (χ0n) is 16.3. The molecule has 4 heteroatoms. The predicted octanol–water partition coefficient (Wildman–Crippen LogP) is 5.52. The number of hydrogen-bond donors (Lipinski definition) is 0. The summed E-state index contributed by atoms with van der Waals surface area (Å²) in [6.45, 7) is 12.6. The van der Waals surface area contributed by atoms with Gasteiger partial charge in [-0.25, -0.2) is 9.59 Å². The Kier molecular flexibility index (Phi) is 5.32. The fraction of sp³-hybridized carbons (Fsp3) is 0.167. The van der Waals surface area contributed by atoms with E-state index in [1.807, 2.05) is 49.4 Å². The normalized spacial score (nSPS) is 10.7. The molecule has 0 fully saturated rings. The van der Waals surface area contributed by atoms with E-state index in [9.17, 15) is 9.59 Å². The van der Waals surface area contributed by atoms with E-state index >= 15 is 0 Å². The summed E-state index contributed by atoms with van der Waals surface area (Å²) in [5.74, 6) is -0.141. The SMILES string of the molecule is C=C(C)C(=O)Oc1c2ccccc2c(OC(=O)C(=C)C)c2cc(CC)ccc12. The molecule has 0 heterocycles. The van der Waals surface area contributed by atoms with Gasteiger partial charge in [-0.3, -0.25) is 0 Å². The summed E-state index contributed by atoms with van der Waals surface area (Å²) in [6.07, 6.45) is 0.817. The second kappa shape index (κ2) is 7.69. The van der Waals surface area contributed by atoms with Crippen LogP contribution in [0.25, 0.3) is 21.5 Å². The highest BCUT2D eigenvalue weighted by Gasteiger charge is 2.20. The van der Waals surface area contributed by atoms with Gasteiger partial charge in [0.05, 0.1) is 0 Å². The fourth-order valence-electron chi connectivity index (χ4n) is 2.95. The Morgan fingerprint density at radius 3 is 1.71 bits per heavy atom. The van der Waals surface area contributed by atoms with Gasteiger partial charge in [0.25, 0.3) is 0 Å². The van der Waals surface area contributed by atoms with Gasteiger partial charge in [-0.15, -0.1) is 0 Å². The number of fused-ring (bicyclic) bond motifs is 2. The monoisotopic (exact) mass is 374 g/mol. The first-order valence-corrected chi connectivity index (χ1v) is 9.06. The van der Waals surface area contributed by atoms with Crippen LogP contribution in [0.15, 0.2) is 66.8 Å². The van der Waals surface area contributed by atoms with Crippen molar-refractivity contribution in [2.24, 2.45) is 0 Å². The minimum absolute atomic E-state index is 0.306. The highest BCUT2D eigenvalue weighted by Crippen LogP contribution is 2.43. The lowest BCUT2D eigenvalue weighted by molar-refractivity contribution is -0.130. The average molecular weight is 374 g/mol. The number of benzene rings is 3. The molecule has 0 aliphatic heterocycles. The van der Waals surface area contributed by atoms with Gasteiger partial charge in [-0.2, -0.15) is 0 Å². The van der Waals surface area contributed by atoms with Crippen molar-refractivity contribution in [1.29, 1.82) is 0 Å². The van der Waals surface area contributed by atoms with Gasteiger partial charge < -0.3 is 9.47 Å². The molecule has 0 radical (unpaired) electrons. The Morgan fingerprint density at radius 1 is 0.786 bits per heavy atom. The van der Waals surface area contributed by atoms with E-state index in [4.69, 9.17) is 9.47 Å². The van der Waals surface area contributed by atoms with Gasteiger partial charge in [-0.05, 0) is 31.9 Å². The third-order valence-electron chi connectivity index (χ3n) is 4.48. The lowest BCUT2D eigenvalue weighted by Crippen LogP contribution is -2.11. The molecular weight excluding hydrogens is 352 g/mol. The average Bonchev–Trinajstić information content (AvgIpc) is 2.69. The first kappa shape index (κ1) is 19.4. The van der Waals surface area contributed by atoms with Crippen LogP contribution in [0.2, 0.25) is 0 Å². The zero-order valence-corrected chi connectivity index (χ0v) is 16.3. The van der Waals surface area contributed by atoms with Crippen molar-refractivity contribution < 1.29 is 19.1 Å². The van der Waals surface area contributed by atoms with Crippen molar-refractivity contribution in [2.75, 3.05) is 0 Å². The Balaban J connectivity index is 2.40.